The number of nitrogen functional groups attached to an aromatic ring is 1. The van der Waals surface area contributed by atoms with Gasteiger partial charge in [0.25, 0.3) is 10.0 Å². The van der Waals surface area contributed by atoms with Crippen LogP contribution in [0.4, 0.5) is 20.2 Å². The van der Waals surface area contributed by atoms with Crippen molar-refractivity contribution in [2.24, 2.45) is 0 Å². The normalized spacial score (nSPS) is 11.3. The molecule has 0 aliphatic rings. The fourth-order valence-electron chi connectivity index (χ4n) is 1.50. The topological polar surface area (TPSA) is 72.2 Å². The minimum atomic E-state index is -4.23. The fraction of sp³-hybridized carbons (Fsp3) is 0. The summed E-state index contributed by atoms with van der Waals surface area (Å²) in [7, 11) is -4.23. The van der Waals surface area contributed by atoms with Gasteiger partial charge in [-0.15, -0.1) is 0 Å². The molecule has 0 heterocycles. The first-order valence-electron chi connectivity index (χ1n) is 5.32. The van der Waals surface area contributed by atoms with E-state index in [-0.39, 0.29) is 5.69 Å². The molecule has 8 heteroatoms. The van der Waals surface area contributed by atoms with Gasteiger partial charge in [0.2, 0.25) is 0 Å². The first-order valence-corrected chi connectivity index (χ1v) is 7.60. The highest BCUT2D eigenvalue weighted by Crippen LogP contribution is 2.25. The number of nitrogens with two attached hydrogens (primary N) is 1. The summed E-state index contributed by atoms with van der Waals surface area (Å²) < 4.78 is 53.3. The highest BCUT2D eigenvalue weighted by molar-refractivity contribution is 9.10. The van der Waals surface area contributed by atoms with E-state index in [0.717, 1.165) is 12.1 Å². The highest BCUT2D eigenvalue weighted by atomic mass is 79.9. The summed E-state index contributed by atoms with van der Waals surface area (Å²) in [5.41, 5.74) is 6.07. The molecule has 3 N–H and O–H groups in total. The number of nitrogens with one attached hydrogen (secondary N) is 1. The minimum Gasteiger partial charge on any atom is -0.398 e. The Morgan fingerprint density at radius 2 is 1.80 bits per heavy atom. The first kappa shape index (κ1) is 14.7. The van der Waals surface area contributed by atoms with E-state index >= 15 is 0 Å². The number of halogens is 3. The summed E-state index contributed by atoms with van der Waals surface area (Å²) in [6.07, 6.45) is 0. The van der Waals surface area contributed by atoms with Crippen LogP contribution in [0.2, 0.25) is 0 Å². The maximum Gasteiger partial charge on any atom is 0.264 e. The quantitative estimate of drug-likeness (QED) is 0.824. The van der Waals surface area contributed by atoms with Crippen molar-refractivity contribution < 1.29 is 17.2 Å². The molecule has 2 aromatic carbocycles. The minimum absolute atomic E-state index is 0.148. The van der Waals surface area contributed by atoms with Crippen LogP contribution in [0.1, 0.15) is 0 Å². The van der Waals surface area contributed by atoms with Crippen LogP contribution in [0.15, 0.2) is 45.8 Å². The second-order valence-corrected chi connectivity index (χ2v) is 6.42. The summed E-state index contributed by atoms with van der Waals surface area (Å²) in [5.74, 6) is -1.88. The second-order valence-electron chi connectivity index (χ2n) is 3.92. The summed E-state index contributed by atoms with van der Waals surface area (Å²) >= 11 is 3.16. The van der Waals surface area contributed by atoms with Gasteiger partial charge in [0, 0.05) is 10.2 Å². The number of rotatable bonds is 3. The van der Waals surface area contributed by atoms with Crippen LogP contribution in [0, 0.1) is 11.6 Å². The van der Waals surface area contributed by atoms with Gasteiger partial charge in [0.15, 0.2) is 0 Å². The Balaban J connectivity index is 2.40. The van der Waals surface area contributed by atoms with E-state index in [2.05, 4.69) is 20.7 Å². The lowest BCUT2D eigenvalue weighted by atomic mass is 10.3. The zero-order chi connectivity index (χ0) is 14.9. The molecule has 0 radical (unpaired) electrons. The maximum atomic E-state index is 13.5. The second kappa shape index (κ2) is 5.37. The third kappa shape index (κ3) is 3.07. The molecule has 0 amide bonds. The Morgan fingerprint density at radius 1 is 1.10 bits per heavy atom. The number of benzene rings is 2. The van der Waals surface area contributed by atoms with E-state index < -0.39 is 26.6 Å². The van der Waals surface area contributed by atoms with Crippen molar-refractivity contribution in [1.29, 1.82) is 0 Å². The average Bonchev–Trinajstić information content (AvgIpc) is 2.36. The Labute approximate surface area is 122 Å². The number of hydrogen-bond acceptors (Lipinski definition) is 3. The Kier molecular flexibility index (Phi) is 3.96. The van der Waals surface area contributed by atoms with Crippen molar-refractivity contribution in [1.82, 2.24) is 0 Å². The third-order valence-corrected chi connectivity index (χ3v) is 4.55. The van der Waals surface area contributed by atoms with Gasteiger partial charge < -0.3 is 5.73 Å². The number of anilines is 2. The molecule has 0 saturated heterocycles. The van der Waals surface area contributed by atoms with Crippen LogP contribution in [-0.2, 0) is 10.0 Å². The van der Waals surface area contributed by atoms with Crippen molar-refractivity contribution in [3.63, 3.8) is 0 Å². The number of hydrogen-bond donors (Lipinski definition) is 2. The molecule has 20 heavy (non-hydrogen) atoms. The van der Waals surface area contributed by atoms with E-state index in [0.29, 0.717) is 16.2 Å². The lowest BCUT2D eigenvalue weighted by Crippen LogP contribution is -2.15. The Hall–Kier alpha value is -1.67. The van der Waals surface area contributed by atoms with Crippen molar-refractivity contribution in [2.75, 3.05) is 10.5 Å². The molecule has 4 nitrogen and oxygen atoms in total. The van der Waals surface area contributed by atoms with Crippen LogP contribution >= 0.6 is 15.9 Å². The molecule has 0 unspecified atom stereocenters. The van der Waals surface area contributed by atoms with Crippen molar-refractivity contribution >= 4 is 37.3 Å². The summed E-state index contributed by atoms with van der Waals surface area (Å²) in [4.78, 5) is -0.765. The van der Waals surface area contributed by atoms with Gasteiger partial charge in [0.05, 0.1) is 5.69 Å². The summed E-state index contributed by atoms with van der Waals surface area (Å²) in [5, 5.41) is 0. The molecule has 0 atom stereocenters. The van der Waals surface area contributed by atoms with Gasteiger partial charge in [-0.25, -0.2) is 17.2 Å². The molecule has 0 aliphatic carbocycles. The van der Waals surface area contributed by atoms with Crippen molar-refractivity contribution in [3.8, 4) is 0 Å². The fourth-order valence-corrected chi connectivity index (χ4v) is 2.89. The molecule has 0 aromatic heterocycles. The van der Waals surface area contributed by atoms with Gasteiger partial charge in [-0.3, -0.25) is 4.72 Å². The number of sulfonamides is 1. The summed E-state index contributed by atoms with van der Waals surface area (Å²) in [6.45, 7) is 0. The highest BCUT2D eigenvalue weighted by Gasteiger charge is 2.20. The molecule has 106 valence electrons. The molecular formula is C12H9BrF2N2O2S. The SMILES string of the molecule is Nc1cc(NS(=O)(=O)c2cc(F)ccc2F)ccc1Br. The first-order chi connectivity index (χ1) is 9.29. The predicted octanol–water partition coefficient (Wildman–Crippen LogP) is 3.11. The van der Waals surface area contributed by atoms with Crippen molar-refractivity contribution in [2.45, 2.75) is 4.90 Å². The van der Waals surface area contributed by atoms with Crippen LogP contribution in [0.3, 0.4) is 0 Å². The van der Waals surface area contributed by atoms with E-state index in [1.807, 2.05) is 0 Å². The molecular weight excluding hydrogens is 354 g/mol. The standard InChI is InChI=1S/C12H9BrF2N2O2S/c13-9-3-2-8(6-11(9)16)17-20(18,19)12-5-7(14)1-4-10(12)15/h1-6,17H,16H2. The monoisotopic (exact) mass is 362 g/mol. The predicted molar refractivity (Wildman–Crippen MR) is 75.7 cm³/mol. The molecule has 0 saturated carbocycles. The largest absolute Gasteiger partial charge is 0.398 e. The molecule has 0 bridgehead atoms. The van der Waals surface area contributed by atoms with Crippen LogP contribution < -0.4 is 10.5 Å². The molecule has 0 spiro atoms. The van der Waals surface area contributed by atoms with E-state index in [1.54, 1.807) is 0 Å². The smallest absolute Gasteiger partial charge is 0.264 e. The van der Waals surface area contributed by atoms with Crippen LogP contribution in [0.5, 0.6) is 0 Å². The van der Waals surface area contributed by atoms with E-state index in [1.165, 1.54) is 18.2 Å². The van der Waals surface area contributed by atoms with Gasteiger partial charge in [-0.05, 0) is 52.3 Å². The van der Waals surface area contributed by atoms with Gasteiger partial charge >= 0.3 is 0 Å². The van der Waals surface area contributed by atoms with Crippen LogP contribution in [0.25, 0.3) is 0 Å². The molecule has 0 fully saturated rings. The van der Waals surface area contributed by atoms with Gasteiger partial charge in [-0.2, -0.15) is 0 Å². The molecule has 0 aliphatic heterocycles. The molecule has 2 rings (SSSR count). The van der Waals surface area contributed by atoms with Gasteiger partial charge in [-0.1, -0.05) is 0 Å². The lowest BCUT2D eigenvalue weighted by molar-refractivity contribution is 0.555. The maximum absolute atomic E-state index is 13.5. The van der Waals surface area contributed by atoms with Crippen molar-refractivity contribution in [3.05, 3.63) is 52.5 Å². The zero-order valence-corrected chi connectivity index (χ0v) is 12.3. The van der Waals surface area contributed by atoms with Crippen LogP contribution in [-0.4, -0.2) is 8.42 Å². The average molecular weight is 363 g/mol. The lowest BCUT2D eigenvalue weighted by Gasteiger charge is -2.10. The Morgan fingerprint density at radius 3 is 2.45 bits per heavy atom. The third-order valence-electron chi connectivity index (χ3n) is 2.43. The van der Waals surface area contributed by atoms with E-state index in [4.69, 9.17) is 5.73 Å². The van der Waals surface area contributed by atoms with Gasteiger partial charge in [0.1, 0.15) is 16.5 Å². The van der Waals surface area contributed by atoms with E-state index in [9.17, 15) is 17.2 Å². The zero-order valence-electron chi connectivity index (χ0n) is 9.90. The Bertz CT molecular complexity index is 766. The summed E-state index contributed by atoms with van der Waals surface area (Å²) in [6, 6.07) is 6.54. The molecule has 2 aromatic rings.